The van der Waals surface area contributed by atoms with Crippen molar-refractivity contribution in [2.75, 3.05) is 19.6 Å². The van der Waals surface area contributed by atoms with Gasteiger partial charge in [-0.1, -0.05) is 11.6 Å². The third kappa shape index (κ3) is 5.13. The van der Waals surface area contributed by atoms with Crippen LogP contribution < -0.4 is 5.32 Å². The van der Waals surface area contributed by atoms with Crippen LogP contribution in [0.15, 0.2) is 24.0 Å². The zero-order valence-electron chi connectivity index (χ0n) is 14.6. The number of likely N-dealkylation sites (tertiary alicyclic amines) is 1. The second-order valence-electron chi connectivity index (χ2n) is 7.12. The highest BCUT2D eigenvalue weighted by Crippen LogP contribution is 2.20. The molecule has 130 valence electrons. The maximum Gasteiger partial charge on any atom is 0.224 e. The van der Waals surface area contributed by atoms with Gasteiger partial charge in [0, 0.05) is 44.0 Å². The molecular weight excluding hydrogens is 300 g/mol. The van der Waals surface area contributed by atoms with E-state index in [2.05, 4.69) is 26.3 Å². The predicted octanol–water partition coefficient (Wildman–Crippen LogP) is 2.61. The minimum atomic E-state index is 0.188. The lowest BCUT2D eigenvalue weighted by atomic mass is 9.97. The highest BCUT2D eigenvalue weighted by atomic mass is 16.1. The molecule has 0 bridgehead atoms. The van der Waals surface area contributed by atoms with Gasteiger partial charge in [0.05, 0.1) is 0 Å². The van der Waals surface area contributed by atoms with Crippen LogP contribution in [0.1, 0.15) is 49.9 Å². The van der Waals surface area contributed by atoms with E-state index in [4.69, 9.17) is 0 Å². The second-order valence-corrected chi connectivity index (χ2v) is 7.12. The molecule has 2 aliphatic rings. The van der Waals surface area contributed by atoms with Crippen molar-refractivity contribution in [3.63, 3.8) is 0 Å². The Morgan fingerprint density at radius 1 is 1.33 bits per heavy atom. The topological polar surface area (TPSA) is 58.1 Å². The maximum atomic E-state index is 12.1. The standard InChI is InChI=1S/C19H28N4O/c1-15-20-11-18(12-21-15)14-23-8-7-17(13-23)10-22-19(24)9-16-5-3-2-4-6-16/h5,11-12,17H,2-4,6-10,13-14H2,1H3,(H,22,24)/t17-/m0/s1. The molecule has 2 heterocycles. The smallest absolute Gasteiger partial charge is 0.224 e. The molecule has 5 nitrogen and oxygen atoms in total. The fraction of sp³-hybridized carbons (Fsp3) is 0.632. The molecule has 24 heavy (non-hydrogen) atoms. The molecule has 1 aliphatic carbocycles. The van der Waals surface area contributed by atoms with Gasteiger partial charge in [-0.05, 0) is 51.5 Å². The molecule has 5 heteroatoms. The zero-order chi connectivity index (χ0) is 16.8. The molecule has 1 N–H and O–H groups in total. The summed E-state index contributed by atoms with van der Waals surface area (Å²) in [7, 11) is 0. The van der Waals surface area contributed by atoms with Crippen LogP contribution in [-0.2, 0) is 11.3 Å². The summed E-state index contributed by atoms with van der Waals surface area (Å²) in [5.74, 6) is 1.56. The van der Waals surface area contributed by atoms with Gasteiger partial charge in [-0.3, -0.25) is 9.69 Å². The first kappa shape index (κ1) is 17.1. The monoisotopic (exact) mass is 328 g/mol. The van der Waals surface area contributed by atoms with E-state index in [1.54, 1.807) is 0 Å². The number of carbonyl (C=O) groups excluding carboxylic acids is 1. The fourth-order valence-electron chi connectivity index (χ4n) is 3.57. The second kappa shape index (κ2) is 8.38. The maximum absolute atomic E-state index is 12.1. The lowest BCUT2D eigenvalue weighted by Crippen LogP contribution is -2.31. The van der Waals surface area contributed by atoms with Crippen LogP contribution in [0.4, 0.5) is 0 Å². The van der Waals surface area contributed by atoms with Gasteiger partial charge in [-0.2, -0.15) is 0 Å². The summed E-state index contributed by atoms with van der Waals surface area (Å²) in [5.41, 5.74) is 2.49. The van der Waals surface area contributed by atoms with E-state index in [0.717, 1.165) is 56.8 Å². The van der Waals surface area contributed by atoms with Crippen molar-refractivity contribution in [3.05, 3.63) is 35.4 Å². The van der Waals surface area contributed by atoms with E-state index >= 15 is 0 Å². The first-order chi connectivity index (χ1) is 11.7. The van der Waals surface area contributed by atoms with E-state index in [1.165, 1.54) is 18.4 Å². The Bertz CT molecular complexity index is 582. The minimum absolute atomic E-state index is 0.188. The Balaban J connectivity index is 1.37. The molecule has 1 fully saturated rings. The number of nitrogens with zero attached hydrogens (tertiary/aromatic N) is 3. The molecule has 1 aromatic rings. The highest BCUT2D eigenvalue weighted by molar-refractivity contribution is 5.78. The van der Waals surface area contributed by atoms with Gasteiger partial charge in [0.15, 0.2) is 0 Å². The number of hydrogen-bond donors (Lipinski definition) is 1. The van der Waals surface area contributed by atoms with Crippen LogP contribution in [0.2, 0.25) is 0 Å². The lowest BCUT2D eigenvalue weighted by Gasteiger charge is -2.17. The summed E-state index contributed by atoms with van der Waals surface area (Å²) in [6, 6.07) is 0. The summed E-state index contributed by atoms with van der Waals surface area (Å²) in [4.78, 5) is 23.0. The molecule has 1 saturated heterocycles. The third-order valence-corrected chi connectivity index (χ3v) is 4.97. The van der Waals surface area contributed by atoms with E-state index in [-0.39, 0.29) is 5.91 Å². The van der Waals surface area contributed by atoms with Crippen LogP contribution in [0.3, 0.4) is 0 Å². The van der Waals surface area contributed by atoms with E-state index in [0.29, 0.717) is 12.3 Å². The fourth-order valence-corrected chi connectivity index (χ4v) is 3.57. The number of hydrogen-bond acceptors (Lipinski definition) is 4. The average Bonchev–Trinajstić information content (AvgIpc) is 3.04. The van der Waals surface area contributed by atoms with Crippen LogP contribution in [0, 0.1) is 12.8 Å². The molecule has 1 atom stereocenters. The molecule has 0 unspecified atom stereocenters. The Labute approximate surface area is 144 Å². The van der Waals surface area contributed by atoms with E-state index < -0.39 is 0 Å². The largest absolute Gasteiger partial charge is 0.355 e. The number of rotatable bonds is 6. The quantitative estimate of drug-likeness (QED) is 0.816. The van der Waals surface area contributed by atoms with Gasteiger partial charge >= 0.3 is 0 Å². The third-order valence-electron chi connectivity index (χ3n) is 4.97. The van der Waals surface area contributed by atoms with Gasteiger partial charge in [-0.25, -0.2) is 9.97 Å². The Hall–Kier alpha value is -1.75. The number of nitrogens with one attached hydrogen (secondary N) is 1. The van der Waals surface area contributed by atoms with Gasteiger partial charge in [0.2, 0.25) is 5.91 Å². The number of carbonyl (C=O) groups is 1. The molecule has 0 aromatic carbocycles. The summed E-state index contributed by atoms with van der Waals surface area (Å²) in [6.07, 6.45) is 12.6. The molecule has 1 aromatic heterocycles. The molecular formula is C19H28N4O. The van der Waals surface area contributed by atoms with Crippen molar-refractivity contribution in [1.82, 2.24) is 20.2 Å². The molecule has 0 spiro atoms. The summed E-state index contributed by atoms with van der Waals surface area (Å²) in [5, 5.41) is 3.13. The van der Waals surface area contributed by atoms with Crippen molar-refractivity contribution in [2.24, 2.45) is 5.92 Å². The van der Waals surface area contributed by atoms with Crippen LogP contribution in [-0.4, -0.2) is 40.4 Å². The zero-order valence-corrected chi connectivity index (χ0v) is 14.6. The summed E-state index contributed by atoms with van der Waals surface area (Å²) >= 11 is 0. The molecule has 0 radical (unpaired) electrons. The predicted molar refractivity (Wildman–Crippen MR) is 94.3 cm³/mol. The molecule has 1 amide bonds. The first-order valence-electron chi connectivity index (χ1n) is 9.13. The SMILES string of the molecule is Cc1ncc(CN2CC[C@@H](CNC(=O)CC3=CCCCC3)C2)cn1. The normalized spacial score (nSPS) is 21.5. The Kier molecular flexibility index (Phi) is 5.96. The Morgan fingerprint density at radius 2 is 2.17 bits per heavy atom. The molecule has 1 aliphatic heterocycles. The van der Waals surface area contributed by atoms with Crippen LogP contribution in [0.5, 0.6) is 0 Å². The lowest BCUT2D eigenvalue weighted by molar-refractivity contribution is -0.120. The number of aromatic nitrogens is 2. The Morgan fingerprint density at radius 3 is 2.92 bits per heavy atom. The average molecular weight is 328 g/mol. The highest BCUT2D eigenvalue weighted by Gasteiger charge is 2.23. The minimum Gasteiger partial charge on any atom is -0.355 e. The van der Waals surface area contributed by atoms with Crippen molar-refractivity contribution < 1.29 is 4.79 Å². The van der Waals surface area contributed by atoms with Crippen molar-refractivity contribution in [1.29, 1.82) is 0 Å². The summed E-state index contributed by atoms with van der Waals surface area (Å²) < 4.78 is 0. The molecule has 3 rings (SSSR count). The van der Waals surface area contributed by atoms with E-state index in [1.807, 2.05) is 19.3 Å². The van der Waals surface area contributed by atoms with Crippen LogP contribution >= 0.6 is 0 Å². The first-order valence-corrected chi connectivity index (χ1v) is 9.13. The van der Waals surface area contributed by atoms with Crippen molar-refractivity contribution in [3.8, 4) is 0 Å². The van der Waals surface area contributed by atoms with Gasteiger partial charge in [-0.15, -0.1) is 0 Å². The molecule has 0 saturated carbocycles. The van der Waals surface area contributed by atoms with Crippen molar-refractivity contribution >= 4 is 5.91 Å². The van der Waals surface area contributed by atoms with Gasteiger partial charge in [0.25, 0.3) is 0 Å². The van der Waals surface area contributed by atoms with E-state index in [9.17, 15) is 4.79 Å². The number of allylic oxidation sites excluding steroid dienone is 1. The van der Waals surface area contributed by atoms with Crippen LogP contribution in [0.25, 0.3) is 0 Å². The number of aryl methyl sites for hydroxylation is 1. The number of amides is 1. The van der Waals surface area contributed by atoms with Crippen molar-refractivity contribution in [2.45, 2.75) is 52.0 Å². The van der Waals surface area contributed by atoms with Gasteiger partial charge < -0.3 is 5.32 Å². The van der Waals surface area contributed by atoms with Gasteiger partial charge in [0.1, 0.15) is 5.82 Å². The summed E-state index contributed by atoms with van der Waals surface area (Å²) in [6.45, 7) is 5.72.